The van der Waals surface area contributed by atoms with Crippen LogP contribution in [0.25, 0.3) is 0 Å². The highest BCUT2D eigenvalue weighted by molar-refractivity contribution is 7.89. The van der Waals surface area contributed by atoms with Gasteiger partial charge in [0, 0.05) is 18.7 Å². The molecule has 0 bridgehead atoms. The zero-order valence-electron chi connectivity index (χ0n) is 15.0. The van der Waals surface area contributed by atoms with E-state index in [-0.39, 0.29) is 22.1 Å². The molecule has 2 aromatic rings. The Labute approximate surface area is 154 Å². The number of methoxy groups -OCH3 is 1. The molecule has 6 nitrogen and oxygen atoms in total. The van der Waals surface area contributed by atoms with Crippen molar-refractivity contribution < 1.29 is 17.9 Å². The van der Waals surface area contributed by atoms with Gasteiger partial charge in [-0.15, -0.1) is 0 Å². The SMILES string of the molecule is CCCNS(=O)(=O)c1cc(C(=O)NCCc2ccccc2)ccc1OC. The highest BCUT2D eigenvalue weighted by Crippen LogP contribution is 2.24. The molecule has 2 rings (SSSR count). The van der Waals surface area contributed by atoms with Gasteiger partial charge in [0.15, 0.2) is 0 Å². The predicted molar refractivity (Wildman–Crippen MR) is 101 cm³/mol. The van der Waals surface area contributed by atoms with Gasteiger partial charge in [-0.05, 0) is 36.6 Å². The largest absolute Gasteiger partial charge is 0.495 e. The first-order chi connectivity index (χ1) is 12.5. The van der Waals surface area contributed by atoms with E-state index in [9.17, 15) is 13.2 Å². The third-order valence-corrected chi connectivity index (χ3v) is 5.28. The molecule has 1 amide bonds. The molecule has 0 heterocycles. The van der Waals surface area contributed by atoms with Crippen LogP contribution in [-0.4, -0.2) is 34.5 Å². The standard InChI is InChI=1S/C19H24N2O4S/c1-3-12-21-26(23,24)18-14-16(9-10-17(18)25-2)19(22)20-13-11-15-7-5-4-6-8-15/h4-10,14,21H,3,11-13H2,1-2H3,(H,20,22). The molecule has 7 heteroatoms. The van der Waals surface area contributed by atoms with Crippen molar-refractivity contribution in [2.75, 3.05) is 20.2 Å². The van der Waals surface area contributed by atoms with Gasteiger partial charge in [-0.3, -0.25) is 4.79 Å². The quantitative estimate of drug-likeness (QED) is 0.704. The number of amides is 1. The molecule has 0 unspecified atom stereocenters. The normalized spacial score (nSPS) is 11.2. The maximum atomic E-state index is 12.4. The number of nitrogens with one attached hydrogen (secondary N) is 2. The summed E-state index contributed by atoms with van der Waals surface area (Å²) in [5.74, 6) is -0.120. The average molecular weight is 376 g/mol. The van der Waals surface area contributed by atoms with Crippen LogP contribution >= 0.6 is 0 Å². The summed E-state index contributed by atoms with van der Waals surface area (Å²) in [5.41, 5.74) is 1.39. The minimum Gasteiger partial charge on any atom is -0.495 e. The highest BCUT2D eigenvalue weighted by atomic mass is 32.2. The molecule has 0 atom stereocenters. The van der Waals surface area contributed by atoms with E-state index >= 15 is 0 Å². The van der Waals surface area contributed by atoms with E-state index in [0.717, 1.165) is 5.56 Å². The van der Waals surface area contributed by atoms with Gasteiger partial charge in [-0.2, -0.15) is 0 Å². The molecular formula is C19H24N2O4S. The number of hydrogen-bond donors (Lipinski definition) is 2. The summed E-state index contributed by atoms with van der Waals surface area (Å²) in [6.07, 6.45) is 1.37. The first-order valence-electron chi connectivity index (χ1n) is 8.47. The van der Waals surface area contributed by atoms with E-state index < -0.39 is 10.0 Å². The Hall–Kier alpha value is -2.38. The number of hydrogen-bond acceptors (Lipinski definition) is 4. The zero-order valence-corrected chi connectivity index (χ0v) is 15.8. The third-order valence-electron chi connectivity index (χ3n) is 3.80. The Morgan fingerprint density at radius 3 is 2.46 bits per heavy atom. The van der Waals surface area contributed by atoms with Crippen molar-refractivity contribution >= 4 is 15.9 Å². The highest BCUT2D eigenvalue weighted by Gasteiger charge is 2.21. The molecule has 0 aliphatic rings. The van der Waals surface area contributed by atoms with Gasteiger partial charge in [0.25, 0.3) is 5.91 Å². The van der Waals surface area contributed by atoms with Crippen LogP contribution in [0, 0.1) is 0 Å². The van der Waals surface area contributed by atoms with Crippen LogP contribution in [0.3, 0.4) is 0 Å². The summed E-state index contributed by atoms with van der Waals surface area (Å²) in [6.45, 7) is 2.65. The second-order valence-electron chi connectivity index (χ2n) is 5.75. The van der Waals surface area contributed by atoms with E-state index in [4.69, 9.17) is 4.74 Å². The van der Waals surface area contributed by atoms with Crippen molar-refractivity contribution in [1.29, 1.82) is 0 Å². The van der Waals surface area contributed by atoms with Crippen LogP contribution in [0.2, 0.25) is 0 Å². The van der Waals surface area contributed by atoms with Crippen molar-refractivity contribution in [1.82, 2.24) is 10.0 Å². The van der Waals surface area contributed by atoms with Crippen molar-refractivity contribution in [2.45, 2.75) is 24.7 Å². The molecule has 0 saturated carbocycles. The minimum absolute atomic E-state index is 0.0378. The second-order valence-corrected chi connectivity index (χ2v) is 7.49. The lowest BCUT2D eigenvalue weighted by atomic mass is 10.1. The number of benzene rings is 2. The molecule has 0 radical (unpaired) electrons. The van der Waals surface area contributed by atoms with E-state index in [0.29, 0.717) is 25.9 Å². The lowest BCUT2D eigenvalue weighted by molar-refractivity contribution is 0.0954. The summed E-state index contributed by atoms with van der Waals surface area (Å²) in [7, 11) is -2.34. The van der Waals surface area contributed by atoms with E-state index in [1.165, 1.54) is 19.2 Å². The van der Waals surface area contributed by atoms with Crippen LogP contribution in [0.1, 0.15) is 29.3 Å². The van der Waals surface area contributed by atoms with E-state index in [1.54, 1.807) is 6.07 Å². The molecule has 2 N–H and O–H groups in total. The molecule has 0 fully saturated rings. The van der Waals surface area contributed by atoms with Crippen molar-refractivity contribution in [3.05, 3.63) is 59.7 Å². The fourth-order valence-corrected chi connectivity index (χ4v) is 3.74. The smallest absolute Gasteiger partial charge is 0.251 e. The van der Waals surface area contributed by atoms with Gasteiger partial charge < -0.3 is 10.1 Å². The summed E-state index contributed by atoms with van der Waals surface area (Å²) in [5, 5.41) is 2.81. The molecule has 0 aromatic heterocycles. The molecule has 2 aromatic carbocycles. The summed E-state index contributed by atoms with van der Waals surface area (Å²) in [6, 6.07) is 14.2. The maximum absolute atomic E-state index is 12.4. The Morgan fingerprint density at radius 2 is 1.81 bits per heavy atom. The number of carbonyl (C=O) groups is 1. The van der Waals surface area contributed by atoms with Gasteiger partial charge in [0.2, 0.25) is 10.0 Å². The monoisotopic (exact) mass is 376 g/mol. The number of carbonyl (C=O) groups excluding carboxylic acids is 1. The third kappa shape index (κ3) is 5.31. The van der Waals surface area contributed by atoms with Crippen molar-refractivity contribution in [2.24, 2.45) is 0 Å². The van der Waals surface area contributed by atoms with Crippen LogP contribution in [0.15, 0.2) is 53.4 Å². The molecule has 140 valence electrons. The average Bonchev–Trinajstić information content (AvgIpc) is 2.66. The van der Waals surface area contributed by atoms with Gasteiger partial charge in [0.05, 0.1) is 7.11 Å². The van der Waals surface area contributed by atoms with Crippen LogP contribution in [-0.2, 0) is 16.4 Å². The van der Waals surface area contributed by atoms with Crippen LogP contribution in [0.4, 0.5) is 0 Å². The molecule has 0 aliphatic heterocycles. The van der Waals surface area contributed by atoms with Gasteiger partial charge >= 0.3 is 0 Å². The Bertz CT molecular complexity index is 836. The Balaban J connectivity index is 2.11. The fourth-order valence-electron chi connectivity index (χ4n) is 2.41. The van der Waals surface area contributed by atoms with Gasteiger partial charge in [-0.1, -0.05) is 37.3 Å². The van der Waals surface area contributed by atoms with Crippen molar-refractivity contribution in [3.63, 3.8) is 0 Å². The maximum Gasteiger partial charge on any atom is 0.251 e. The first kappa shape index (κ1) is 19.9. The van der Waals surface area contributed by atoms with Crippen LogP contribution < -0.4 is 14.8 Å². The number of ether oxygens (including phenoxy) is 1. The minimum atomic E-state index is -3.74. The van der Waals surface area contributed by atoms with Gasteiger partial charge in [-0.25, -0.2) is 13.1 Å². The number of rotatable bonds is 9. The first-order valence-corrected chi connectivity index (χ1v) is 9.96. The lowest BCUT2D eigenvalue weighted by Crippen LogP contribution is -2.27. The van der Waals surface area contributed by atoms with Gasteiger partial charge in [0.1, 0.15) is 10.6 Å². The molecule has 0 aliphatic carbocycles. The second kappa shape index (κ2) is 9.35. The molecular weight excluding hydrogens is 352 g/mol. The van der Waals surface area contributed by atoms with Crippen LogP contribution in [0.5, 0.6) is 5.75 Å². The van der Waals surface area contributed by atoms with Crippen molar-refractivity contribution in [3.8, 4) is 5.75 Å². The van der Waals surface area contributed by atoms with E-state index in [1.807, 2.05) is 37.3 Å². The Morgan fingerprint density at radius 1 is 1.08 bits per heavy atom. The lowest BCUT2D eigenvalue weighted by Gasteiger charge is -2.12. The molecule has 0 saturated heterocycles. The summed E-state index contributed by atoms with van der Waals surface area (Å²) >= 11 is 0. The Kier molecular flexibility index (Phi) is 7.17. The zero-order chi connectivity index (χ0) is 19.0. The summed E-state index contributed by atoms with van der Waals surface area (Å²) < 4.78 is 32.5. The summed E-state index contributed by atoms with van der Waals surface area (Å²) in [4.78, 5) is 12.3. The molecule has 0 spiro atoms. The molecule has 26 heavy (non-hydrogen) atoms. The van der Waals surface area contributed by atoms with E-state index in [2.05, 4.69) is 10.0 Å². The topological polar surface area (TPSA) is 84.5 Å². The predicted octanol–water partition coefficient (Wildman–Crippen LogP) is 2.36. The number of sulfonamides is 1. The fraction of sp³-hybridized carbons (Fsp3) is 0.316.